The number of halogens is 1. The topological polar surface area (TPSA) is 18.5 Å². The molecular weight excluding hydrogens is 280 g/mol. The molecule has 1 fully saturated rings. The lowest BCUT2D eigenvalue weighted by Crippen LogP contribution is -2.55. The van der Waals surface area contributed by atoms with E-state index in [4.69, 9.17) is 9.47 Å². The highest BCUT2D eigenvalue weighted by Gasteiger charge is 2.51. The monoisotopic (exact) mass is 306 g/mol. The first-order chi connectivity index (χ1) is 8.06. The van der Waals surface area contributed by atoms with Crippen LogP contribution >= 0.6 is 15.9 Å². The van der Waals surface area contributed by atoms with Crippen LogP contribution in [-0.2, 0) is 9.47 Å². The Bertz CT molecular complexity index is 214. The van der Waals surface area contributed by atoms with Crippen molar-refractivity contribution in [2.45, 2.75) is 57.9 Å². The zero-order valence-corrected chi connectivity index (χ0v) is 13.3. The van der Waals surface area contributed by atoms with Crippen LogP contribution in [0.1, 0.15) is 47.0 Å². The predicted octanol–water partition coefficient (Wildman–Crippen LogP) is 4.02. The third-order valence-corrected chi connectivity index (χ3v) is 5.29. The minimum Gasteiger partial charge on any atom is -0.379 e. The predicted molar refractivity (Wildman–Crippen MR) is 75.7 cm³/mol. The maximum absolute atomic E-state index is 5.97. The number of hydrogen-bond acceptors (Lipinski definition) is 2. The van der Waals surface area contributed by atoms with E-state index in [0.29, 0.717) is 22.3 Å². The van der Waals surface area contributed by atoms with Gasteiger partial charge in [0.15, 0.2) is 0 Å². The summed E-state index contributed by atoms with van der Waals surface area (Å²) >= 11 is 3.78. The highest BCUT2D eigenvalue weighted by molar-refractivity contribution is 9.09. The molecule has 0 aromatic carbocycles. The summed E-state index contributed by atoms with van der Waals surface area (Å²) in [6.45, 7) is 11.2. The molecule has 2 unspecified atom stereocenters. The highest BCUT2D eigenvalue weighted by atomic mass is 79.9. The lowest BCUT2D eigenvalue weighted by atomic mass is 9.62. The molecule has 0 aromatic rings. The van der Waals surface area contributed by atoms with Gasteiger partial charge in [-0.15, -0.1) is 0 Å². The van der Waals surface area contributed by atoms with Gasteiger partial charge in [0.2, 0.25) is 0 Å². The first-order valence-electron chi connectivity index (χ1n) is 6.90. The molecule has 102 valence electrons. The van der Waals surface area contributed by atoms with Crippen molar-refractivity contribution in [2.75, 3.05) is 19.8 Å². The molecular formula is C14H27BrO2. The van der Waals surface area contributed by atoms with E-state index >= 15 is 0 Å². The van der Waals surface area contributed by atoms with Crippen LogP contribution in [0, 0.1) is 11.3 Å². The highest BCUT2D eigenvalue weighted by Crippen LogP contribution is 2.52. The summed E-state index contributed by atoms with van der Waals surface area (Å²) in [7, 11) is 0. The smallest absolute Gasteiger partial charge is 0.0704 e. The van der Waals surface area contributed by atoms with Crippen molar-refractivity contribution in [3.63, 3.8) is 0 Å². The van der Waals surface area contributed by atoms with Crippen molar-refractivity contribution < 1.29 is 9.47 Å². The third-order valence-electron chi connectivity index (χ3n) is 4.00. The van der Waals surface area contributed by atoms with Gasteiger partial charge in [-0.1, -0.05) is 43.6 Å². The van der Waals surface area contributed by atoms with Crippen LogP contribution in [-0.4, -0.2) is 30.8 Å². The molecule has 17 heavy (non-hydrogen) atoms. The van der Waals surface area contributed by atoms with Gasteiger partial charge in [0.25, 0.3) is 0 Å². The lowest BCUT2D eigenvalue weighted by Gasteiger charge is -2.53. The summed E-state index contributed by atoms with van der Waals surface area (Å²) < 4.78 is 11.5. The summed E-state index contributed by atoms with van der Waals surface area (Å²) in [6.07, 6.45) is 3.95. The molecule has 0 amide bonds. The molecule has 0 bridgehead atoms. The first kappa shape index (κ1) is 15.5. The van der Waals surface area contributed by atoms with Gasteiger partial charge in [-0.2, -0.15) is 0 Å². The molecule has 0 spiro atoms. The average molecular weight is 307 g/mol. The Kier molecular flexibility index (Phi) is 6.46. The van der Waals surface area contributed by atoms with Crippen LogP contribution in [0.5, 0.6) is 0 Å². The summed E-state index contributed by atoms with van der Waals surface area (Å²) in [5.74, 6) is 0.607. The summed E-state index contributed by atoms with van der Waals surface area (Å²) in [4.78, 5) is 0.631. The molecule has 0 aromatic heterocycles. The fraction of sp³-hybridized carbons (Fsp3) is 1.00. The Balaban J connectivity index is 2.20. The van der Waals surface area contributed by atoms with E-state index in [0.717, 1.165) is 26.2 Å². The third kappa shape index (κ3) is 3.68. The van der Waals surface area contributed by atoms with Crippen molar-refractivity contribution in [1.29, 1.82) is 0 Å². The van der Waals surface area contributed by atoms with Gasteiger partial charge in [0.1, 0.15) is 0 Å². The zero-order valence-electron chi connectivity index (χ0n) is 11.7. The van der Waals surface area contributed by atoms with Gasteiger partial charge >= 0.3 is 0 Å². The normalized spacial score (nSPS) is 27.2. The first-order valence-corrected chi connectivity index (χ1v) is 7.81. The summed E-state index contributed by atoms with van der Waals surface area (Å²) in [6, 6.07) is 0. The van der Waals surface area contributed by atoms with E-state index in [1.807, 2.05) is 0 Å². The zero-order chi connectivity index (χ0) is 12.9. The largest absolute Gasteiger partial charge is 0.379 e. The van der Waals surface area contributed by atoms with Crippen LogP contribution < -0.4 is 0 Å². The van der Waals surface area contributed by atoms with Crippen LogP contribution in [0.4, 0.5) is 0 Å². The van der Waals surface area contributed by atoms with Gasteiger partial charge < -0.3 is 9.47 Å². The van der Waals surface area contributed by atoms with Gasteiger partial charge in [-0.25, -0.2) is 0 Å². The minimum absolute atomic E-state index is 0.359. The van der Waals surface area contributed by atoms with E-state index in [9.17, 15) is 0 Å². The molecule has 1 aliphatic carbocycles. The molecule has 0 aliphatic heterocycles. The van der Waals surface area contributed by atoms with Gasteiger partial charge in [-0.05, 0) is 25.2 Å². The molecule has 0 radical (unpaired) electrons. The molecule has 2 nitrogen and oxygen atoms in total. The second kappa shape index (κ2) is 7.10. The number of hydrogen-bond donors (Lipinski definition) is 0. The van der Waals surface area contributed by atoms with Crippen molar-refractivity contribution in [1.82, 2.24) is 0 Å². The fourth-order valence-electron chi connectivity index (χ4n) is 2.65. The second-order valence-electron chi connectivity index (χ2n) is 5.47. The number of ether oxygens (including phenoxy) is 2. The number of alkyl halides is 1. The van der Waals surface area contributed by atoms with Crippen LogP contribution in [0.3, 0.4) is 0 Å². The Morgan fingerprint density at radius 1 is 1.24 bits per heavy atom. The van der Waals surface area contributed by atoms with Crippen LogP contribution in [0.25, 0.3) is 0 Å². The molecule has 0 saturated heterocycles. The number of rotatable bonds is 8. The summed E-state index contributed by atoms with van der Waals surface area (Å²) in [5.41, 5.74) is 0.359. The fourth-order valence-corrected chi connectivity index (χ4v) is 3.93. The minimum atomic E-state index is 0.359. The quantitative estimate of drug-likeness (QED) is 0.498. The lowest BCUT2D eigenvalue weighted by molar-refractivity contribution is -0.119. The second-order valence-corrected chi connectivity index (χ2v) is 6.58. The van der Waals surface area contributed by atoms with E-state index in [-0.39, 0.29) is 0 Å². The Labute approximate surface area is 115 Å². The van der Waals surface area contributed by atoms with Gasteiger partial charge in [-0.3, -0.25) is 0 Å². The molecule has 1 saturated carbocycles. The van der Waals surface area contributed by atoms with Crippen molar-refractivity contribution in [3.8, 4) is 0 Å². The van der Waals surface area contributed by atoms with Crippen LogP contribution in [0.2, 0.25) is 0 Å². The van der Waals surface area contributed by atoms with Crippen molar-refractivity contribution in [2.24, 2.45) is 11.3 Å². The van der Waals surface area contributed by atoms with Gasteiger partial charge in [0, 0.05) is 16.8 Å². The molecule has 0 N–H and O–H groups in total. The molecule has 1 rings (SSSR count). The van der Waals surface area contributed by atoms with E-state index < -0.39 is 0 Å². The molecule has 0 heterocycles. The average Bonchev–Trinajstić information content (AvgIpc) is 2.28. The molecule has 1 aliphatic rings. The van der Waals surface area contributed by atoms with Crippen LogP contribution in [0.15, 0.2) is 0 Å². The maximum atomic E-state index is 5.97. The maximum Gasteiger partial charge on any atom is 0.0704 e. The standard InChI is InChI=1S/C14H27BrO2/c1-5-14(6-2)12(15)9-13(14)17-8-7-16-10-11(3)4/h11-13H,5-10H2,1-4H3. The SMILES string of the molecule is CCC1(CC)C(Br)CC1OCCOCC(C)C. The Morgan fingerprint density at radius 3 is 2.35 bits per heavy atom. The van der Waals surface area contributed by atoms with Crippen molar-refractivity contribution >= 4 is 15.9 Å². The molecule has 3 heteroatoms. The van der Waals surface area contributed by atoms with E-state index in [2.05, 4.69) is 43.6 Å². The summed E-state index contributed by atoms with van der Waals surface area (Å²) in [5, 5.41) is 0. The van der Waals surface area contributed by atoms with E-state index in [1.54, 1.807) is 0 Å². The Hall–Kier alpha value is 0.400. The van der Waals surface area contributed by atoms with Gasteiger partial charge in [0.05, 0.1) is 19.3 Å². The van der Waals surface area contributed by atoms with Crippen molar-refractivity contribution in [3.05, 3.63) is 0 Å². The van der Waals surface area contributed by atoms with E-state index in [1.165, 1.54) is 12.8 Å². The molecule has 2 atom stereocenters. The Morgan fingerprint density at radius 2 is 1.88 bits per heavy atom.